The molecule has 0 aromatic heterocycles. The Kier molecular flexibility index (Phi) is 8.06. The molecule has 29 heavy (non-hydrogen) atoms. The molecule has 2 N–H and O–H groups in total. The number of aromatic hydroxyl groups is 1. The summed E-state index contributed by atoms with van der Waals surface area (Å²) in [6.07, 6.45) is 0. The number of nitro groups is 1. The molecule has 3 aromatic carbocycles. The van der Waals surface area contributed by atoms with Crippen LogP contribution in [0.15, 0.2) is 72.8 Å². The SMILES string of the molecule is CCNCC.O=C(c1ccccc1)c1ccccc1-c1cc([N+](=O)[O-])ccc1O. The number of ketones is 1. The molecular formula is C23H24N2O4. The summed E-state index contributed by atoms with van der Waals surface area (Å²) in [5.41, 5.74) is 1.44. The fourth-order valence-electron chi connectivity index (χ4n) is 2.76. The molecule has 0 unspecified atom stereocenters. The third kappa shape index (κ3) is 5.73. The summed E-state index contributed by atoms with van der Waals surface area (Å²) in [7, 11) is 0. The largest absolute Gasteiger partial charge is 0.507 e. The van der Waals surface area contributed by atoms with Crippen molar-refractivity contribution < 1.29 is 14.8 Å². The Labute approximate surface area is 170 Å². The van der Waals surface area contributed by atoms with E-state index in [2.05, 4.69) is 19.2 Å². The van der Waals surface area contributed by atoms with Gasteiger partial charge in [-0.05, 0) is 24.7 Å². The van der Waals surface area contributed by atoms with Gasteiger partial charge in [0.2, 0.25) is 0 Å². The second-order valence-corrected chi connectivity index (χ2v) is 6.16. The van der Waals surface area contributed by atoms with Crippen molar-refractivity contribution >= 4 is 11.5 Å². The summed E-state index contributed by atoms with van der Waals surface area (Å²) in [5, 5.41) is 24.2. The second kappa shape index (κ2) is 10.7. The number of carbonyl (C=O) groups is 1. The lowest BCUT2D eigenvalue weighted by molar-refractivity contribution is -0.384. The molecule has 0 aliphatic rings. The van der Waals surface area contributed by atoms with Crippen molar-refractivity contribution in [3.05, 3.63) is 94.0 Å². The topological polar surface area (TPSA) is 92.5 Å². The number of non-ortho nitro benzene ring substituents is 1. The fourth-order valence-corrected chi connectivity index (χ4v) is 2.76. The number of carbonyl (C=O) groups excluding carboxylic acids is 1. The quantitative estimate of drug-likeness (QED) is 0.357. The Bertz CT molecular complexity index is 970. The van der Waals surface area contributed by atoms with Crippen LogP contribution in [0.25, 0.3) is 11.1 Å². The van der Waals surface area contributed by atoms with Crippen LogP contribution < -0.4 is 5.32 Å². The van der Waals surface area contributed by atoms with E-state index >= 15 is 0 Å². The molecule has 0 bridgehead atoms. The van der Waals surface area contributed by atoms with E-state index in [1.807, 2.05) is 6.07 Å². The maximum Gasteiger partial charge on any atom is 0.270 e. The smallest absolute Gasteiger partial charge is 0.270 e. The van der Waals surface area contributed by atoms with Crippen LogP contribution in [0.1, 0.15) is 29.8 Å². The number of nitrogens with zero attached hydrogens (tertiary/aromatic N) is 1. The van der Waals surface area contributed by atoms with E-state index in [-0.39, 0.29) is 22.8 Å². The molecule has 0 atom stereocenters. The summed E-state index contributed by atoms with van der Waals surface area (Å²) >= 11 is 0. The minimum absolute atomic E-state index is 0.117. The van der Waals surface area contributed by atoms with Gasteiger partial charge in [-0.1, -0.05) is 68.4 Å². The van der Waals surface area contributed by atoms with Crippen molar-refractivity contribution in [1.29, 1.82) is 0 Å². The van der Waals surface area contributed by atoms with Gasteiger partial charge in [0.25, 0.3) is 5.69 Å². The highest BCUT2D eigenvalue weighted by Gasteiger charge is 2.18. The van der Waals surface area contributed by atoms with Crippen LogP contribution in [0, 0.1) is 10.1 Å². The van der Waals surface area contributed by atoms with Gasteiger partial charge >= 0.3 is 0 Å². The minimum atomic E-state index is -0.537. The third-order valence-corrected chi connectivity index (χ3v) is 4.19. The Balaban J connectivity index is 0.000000537. The first kappa shape index (κ1) is 21.8. The first-order valence-corrected chi connectivity index (χ1v) is 9.36. The van der Waals surface area contributed by atoms with E-state index in [0.717, 1.165) is 13.1 Å². The number of rotatable bonds is 6. The van der Waals surface area contributed by atoms with Gasteiger partial charge in [-0.2, -0.15) is 0 Å². The van der Waals surface area contributed by atoms with Crippen molar-refractivity contribution in [1.82, 2.24) is 5.32 Å². The van der Waals surface area contributed by atoms with Crippen LogP contribution in [0.3, 0.4) is 0 Å². The average molecular weight is 392 g/mol. The Hall–Kier alpha value is -3.51. The lowest BCUT2D eigenvalue weighted by atomic mass is 9.93. The number of phenolic OH excluding ortho intramolecular Hbond substituents is 1. The van der Waals surface area contributed by atoms with E-state index in [1.165, 1.54) is 18.2 Å². The van der Waals surface area contributed by atoms with E-state index in [0.29, 0.717) is 16.7 Å². The van der Waals surface area contributed by atoms with Gasteiger partial charge in [0, 0.05) is 28.8 Å². The maximum absolute atomic E-state index is 12.8. The summed E-state index contributed by atoms with van der Waals surface area (Å²) in [6, 6.07) is 19.2. The molecule has 0 saturated heterocycles. The van der Waals surface area contributed by atoms with Crippen molar-refractivity contribution in [2.45, 2.75) is 13.8 Å². The van der Waals surface area contributed by atoms with Crippen LogP contribution in [-0.2, 0) is 0 Å². The Morgan fingerprint density at radius 1 is 0.931 bits per heavy atom. The van der Waals surface area contributed by atoms with E-state index in [4.69, 9.17) is 0 Å². The highest BCUT2D eigenvalue weighted by molar-refractivity contribution is 6.13. The predicted molar refractivity (Wildman–Crippen MR) is 114 cm³/mol. The number of benzene rings is 3. The monoisotopic (exact) mass is 392 g/mol. The Morgan fingerprint density at radius 2 is 1.55 bits per heavy atom. The average Bonchev–Trinajstić information content (AvgIpc) is 2.75. The van der Waals surface area contributed by atoms with Gasteiger partial charge in [0.05, 0.1) is 4.92 Å². The summed E-state index contributed by atoms with van der Waals surface area (Å²) < 4.78 is 0. The molecule has 0 radical (unpaired) electrons. The lowest BCUT2D eigenvalue weighted by Gasteiger charge is -2.10. The van der Waals surface area contributed by atoms with Crippen molar-refractivity contribution in [3.63, 3.8) is 0 Å². The Morgan fingerprint density at radius 3 is 2.14 bits per heavy atom. The number of phenols is 1. The molecule has 0 aliphatic heterocycles. The molecule has 3 aromatic rings. The molecule has 0 spiro atoms. The van der Waals surface area contributed by atoms with Crippen molar-refractivity contribution in [2.75, 3.05) is 13.1 Å². The molecule has 0 fully saturated rings. The van der Waals surface area contributed by atoms with Crippen LogP contribution in [-0.4, -0.2) is 28.9 Å². The standard InChI is InChI=1S/C19H13NO4.C4H11N/c21-18-11-10-14(20(23)24)12-17(18)15-8-4-5-9-16(15)19(22)13-6-2-1-3-7-13;1-3-5-4-2/h1-12,21H;5H,3-4H2,1-2H3. The van der Waals surface area contributed by atoms with Crippen LogP contribution in [0.2, 0.25) is 0 Å². The van der Waals surface area contributed by atoms with Gasteiger partial charge in [0.15, 0.2) is 5.78 Å². The number of nitro benzene ring substituents is 1. The molecule has 0 amide bonds. The van der Waals surface area contributed by atoms with Gasteiger partial charge in [-0.25, -0.2) is 0 Å². The summed E-state index contributed by atoms with van der Waals surface area (Å²) in [4.78, 5) is 23.2. The first-order valence-electron chi connectivity index (χ1n) is 9.36. The summed E-state index contributed by atoms with van der Waals surface area (Å²) in [5.74, 6) is -0.328. The minimum Gasteiger partial charge on any atom is -0.507 e. The molecule has 150 valence electrons. The highest BCUT2D eigenvalue weighted by atomic mass is 16.6. The van der Waals surface area contributed by atoms with Crippen LogP contribution in [0.5, 0.6) is 5.75 Å². The summed E-state index contributed by atoms with van der Waals surface area (Å²) in [6.45, 7) is 6.39. The zero-order valence-corrected chi connectivity index (χ0v) is 16.5. The van der Waals surface area contributed by atoms with Crippen molar-refractivity contribution in [3.8, 4) is 16.9 Å². The van der Waals surface area contributed by atoms with Crippen LogP contribution >= 0.6 is 0 Å². The first-order chi connectivity index (χ1) is 14.0. The van der Waals surface area contributed by atoms with Gasteiger partial charge in [-0.3, -0.25) is 14.9 Å². The maximum atomic E-state index is 12.8. The molecule has 3 rings (SSSR count). The van der Waals surface area contributed by atoms with E-state index < -0.39 is 4.92 Å². The van der Waals surface area contributed by atoms with E-state index in [9.17, 15) is 20.0 Å². The molecular weight excluding hydrogens is 368 g/mol. The molecule has 0 aliphatic carbocycles. The normalized spacial score (nSPS) is 10.0. The number of hydrogen-bond donors (Lipinski definition) is 2. The van der Waals surface area contributed by atoms with Gasteiger partial charge < -0.3 is 10.4 Å². The molecule has 6 nitrogen and oxygen atoms in total. The van der Waals surface area contributed by atoms with Gasteiger partial charge in [0.1, 0.15) is 5.75 Å². The predicted octanol–water partition coefficient (Wildman–Crippen LogP) is 4.81. The van der Waals surface area contributed by atoms with Gasteiger partial charge in [-0.15, -0.1) is 0 Å². The fraction of sp³-hybridized carbons (Fsp3) is 0.174. The second-order valence-electron chi connectivity index (χ2n) is 6.16. The van der Waals surface area contributed by atoms with Crippen molar-refractivity contribution in [2.24, 2.45) is 0 Å². The number of nitrogens with one attached hydrogen (secondary N) is 1. The zero-order valence-electron chi connectivity index (χ0n) is 16.5. The van der Waals surface area contributed by atoms with E-state index in [1.54, 1.807) is 48.5 Å². The lowest BCUT2D eigenvalue weighted by Crippen LogP contribution is -2.09. The molecule has 6 heteroatoms. The number of hydrogen-bond acceptors (Lipinski definition) is 5. The third-order valence-electron chi connectivity index (χ3n) is 4.19. The highest BCUT2D eigenvalue weighted by Crippen LogP contribution is 2.35. The zero-order chi connectivity index (χ0) is 21.2. The van der Waals surface area contributed by atoms with Crippen LogP contribution in [0.4, 0.5) is 5.69 Å². The molecule has 0 saturated carbocycles. The molecule has 0 heterocycles.